The molecule has 1 aromatic heterocycles. The van der Waals surface area contributed by atoms with Gasteiger partial charge in [0.2, 0.25) is 0 Å². The highest BCUT2D eigenvalue weighted by Gasteiger charge is 2.17. The van der Waals surface area contributed by atoms with Crippen LogP contribution in [0.1, 0.15) is 22.8 Å². The molecular weight excluding hydrogens is 314 g/mol. The number of hydrazone groups is 1. The van der Waals surface area contributed by atoms with Crippen molar-refractivity contribution < 1.29 is 9.90 Å². The summed E-state index contributed by atoms with van der Waals surface area (Å²) in [4.78, 5) is 16.3. The molecule has 0 aliphatic rings. The Morgan fingerprint density at radius 2 is 1.56 bits per heavy atom. The van der Waals surface area contributed by atoms with Crippen molar-refractivity contribution in [1.29, 1.82) is 0 Å². The van der Waals surface area contributed by atoms with Gasteiger partial charge in [0.15, 0.2) is 6.10 Å². The molecule has 2 aromatic carbocycles. The molecule has 1 heterocycles. The maximum atomic E-state index is 12.2. The van der Waals surface area contributed by atoms with E-state index in [1.54, 1.807) is 42.7 Å². The summed E-state index contributed by atoms with van der Waals surface area (Å²) >= 11 is 0. The normalized spacial score (nSPS) is 12.4. The highest BCUT2D eigenvalue weighted by molar-refractivity contribution is 6.13. The first-order valence-electron chi connectivity index (χ1n) is 7.82. The van der Waals surface area contributed by atoms with Gasteiger partial charge in [-0.15, -0.1) is 0 Å². The smallest absolute Gasteiger partial charge is 0.273 e. The van der Waals surface area contributed by atoms with Gasteiger partial charge in [-0.25, -0.2) is 5.43 Å². The molecule has 124 valence electrons. The first-order chi connectivity index (χ1) is 12.3. The Hall–Kier alpha value is -3.31. The van der Waals surface area contributed by atoms with Gasteiger partial charge in [0.05, 0.1) is 5.71 Å². The summed E-state index contributed by atoms with van der Waals surface area (Å²) in [5, 5.41) is 14.4. The van der Waals surface area contributed by atoms with Gasteiger partial charge in [0.25, 0.3) is 5.91 Å². The highest BCUT2D eigenvalue weighted by atomic mass is 16.3. The van der Waals surface area contributed by atoms with Gasteiger partial charge in [0, 0.05) is 23.5 Å². The molecule has 2 N–H and O–H groups in total. The number of aliphatic hydroxyl groups excluding tert-OH is 1. The molecule has 0 bridgehead atoms. The van der Waals surface area contributed by atoms with E-state index in [0.717, 1.165) is 11.1 Å². The van der Waals surface area contributed by atoms with Crippen molar-refractivity contribution in [3.63, 3.8) is 0 Å². The van der Waals surface area contributed by atoms with Crippen LogP contribution in [0.15, 0.2) is 90.3 Å². The maximum absolute atomic E-state index is 12.2. The predicted molar refractivity (Wildman–Crippen MR) is 95.9 cm³/mol. The molecule has 3 aromatic rings. The molecule has 0 saturated carbocycles. The van der Waals surface area contributed by atoms with Crippen LogP contribution in [0.4, 0.5) is 0 Å². The largest absolute Gasteiger partial charge is 0.378 e. The van der Waals surface area contributed by atoms with E-state index in [-0.39, 0.29) is 0 Å². The van der Waals surface area contributed by atoms with Crippen LogP contribution < -0.4 is 5.43 Å². The van der Waals surface area contributed by atoms with Crippen molar-refractivity contribution in [2.75, 3.05) is 0 Å². The fraction of sp³-hybridized carbons (Fsp3) is 0.0500. The Morgan fingerprint density at radius 1 is 0.920 bits per heavy atom. The van der Waals surface area contributed by atoms with E-state index < -0.39 is 12.0 Å². The minimum atomic E-state index is -1.28. The quantitative estimate of drug-likeness (QED) is 0.557. The minimum Gasteiger partial charge on any atom is -0.378 e. The van der Waals surface area contributed by atoms with Gasteiger partial charge in [0.1, 0.15) is 0 Å². The standard InChI is InChI=1S/C20H17N3O2/c24-19(16-10-5-2-6-11-16)20(25)23-22-18(15-8-3-1-4-9-15)17-12-7-13-21-14-17/h1-14,19,24H,(H,23,25). The van der Waals surface area contributed by atoms with Crippen molar-refractivity contribution >= 4 is 11.6 Å². The number of hydrogen-bond acceptors (Lipinski definition) is 4. The Bertz CT molecular complexity index is 808. The summed E-state index contributed by atoms with van der Waals surface area (Å²) in [6.07, 6.45) is 2.06. The highest BCUT2D eigenvalue weighted by Crippen LogP contribution is 2.13. The zero-order valence-corrected chi connectivity index (χ0v) is 13.4. The van der Waals surface area contributed by atoms with Gasteiger partial charge in [-0.05, 0) is 17.7 Å². The summed E-state index contributed by atoms with van der Waals surface area (Å²) in [6.45, 7) is 0. The number of nitrogens with one attached hydrogen (secondary N) is 1. The number of rotatable bonds is 5. The second-order valence-corrected chi connectivity index (χ2v) is 5.36. The lowest BCUT2D eigenvalue weighted by molar-refractivity contribution is -0.129. The monoisotopic (exact) mass is 331 g/mol. The molecule has 0 fully saturated rings. The van der Waals surface area contributed by atoms with E-state index in [1.165, 1.54) is 0 Å². The number of nitrogens with zero attached hydrogens (tertiary/aromatic N) is 2. The molecule has 0 radical (unpaired) electrons. The number of carbonyl (C=O) groups excluding carboxylic acids is 1. The van der Waals surface area contributed by atoms with E-state index in [4.69, 9.17) is 0 Å². The van der Waals surface area contributed by atoms with E-state index in [9.17, 15) is 9.90 Å². The van der Waals surface area contributed by atoms with Gasteiger partial charge < -0.3 is 5.11 Å². The molecule has 0 spiro atoms. The number of amides is 1. The number of benzene rings is 2. The predicted octanol–water partition coefficient (Wildman–Crippen LogP) is 2.68. The van der Waals surface area contributed by atoms with E-state index in [2.05, 4.69) is 15.5 Å². The van der Waals surface area contributed by atoms with E-state index in [1.807, 2.05) is 42.5 Å². The lowest BCUT2D eigenvalue weighted by Crippen LogP contribution is -2.26. The van der Waals surface area contributed by atoms with E-state index >= 15 is 0 Å². The number of aliphatic hydroxyl groups is 1. The summed E-state index contributed by atoms with van der Waals surface area (Å²) in [6, 6.07) is 21.9. The zero-order chi connectivity index (χ0) is 17.5. The van der Waals surface area contributed by atoms with Gasteiger partial charge in [-0.3, -0.25) is 9.78 Å². The number of pyridine rings is 1. The maximum Gasteiger partial charge on any atom is 0.273 e. The second kappa shape index (κ2) is 7.99. The molecule has 0 aliphatic heterocycles. The van der Waals surface area contributed by atoms with Crippen LogP contribution in [0.3, 0.4) is 0 Å². The molecule has 0 saturated heterocycles. The third-order valence-corrected chi connectivity index (χ3v) is 3.62. The molecule has 3 rings (SSSR count). The van der Waals surface area contributed by atoms with Crippen molar-refractivity contribution in [2.24, 2.45) is 5.10 Å². The van der Waals surface area contributed by atoms with Crippen LogP contribution in [-0.4, -0.2) is 21.7 Å². The minimum absolute atomic E-state index is 0.512. The SMILES string of the molecule is O=C(NN=C(c1ccccc1)c1cccnc1)C(O)c1ccccc1. The Balaban J connectivity index is 1.85. The fourth-order valence-electron chi connectivity index (χ4n) is 2.35. The summed E-state index contributed by atoms with van der Waals surface area (Å²) < 4.78 is 0. The zero-order valence-electron chi connectivity index (χ0n) is 13.4. The second-order valence-electron chi connectivity index (χ2n) is 5.36. The molecule has 0 aliphatic carbocycles. The first-order valence-corrected chi connectivity index (χ1v) is 7.82. The molecular formula is C20H17N3O2. The van der Waals surface area contributed by atoms with Crippen molar-refractivity contribution in [1.82, 2.24) is 10.4 Å². The lowest BCUT2D eigenvalue weighted by Gasteiger charge is -2.11. The van der Waals surface area contributed by atoms with E-state index in [0.29, 0.717) is 11.3 Å². The Kier molecular flexibility index (Phi) is 5.29. The third kappa shape index (κ3) is 4.16. The van der Waals surface area contributed by atoms with Crippen LogP contribution in [-0.2, 0) is 4.79 Å². The van der Waals surface area contributed by atoms with Crippen molar-refractivity contribution in [3.8, 4) is 0 Å². The molecule has 5 heteroatoms. The lowest BCUT2D eigenvalue weighted by atomic mass is 10.0. The number of hydrogen-bond donors (Lipinski definition) is 2. The van der Waals surface area contributed by atoms with Crippen molar-refractivity contribution in [3.05, 3.63) is 102 Å². The van der Waals surface area contributed by atoms with Crippen LogP contribution in [0.2, 0.25) is 0 Å². The van der Waals surface area contributed by atoms with Crippen LogP contribution in [0.5, 0.6) is 0 Å². The fourth-order valence-corrected chi connectivity index (χ4v) is 2.35. The molecule has 1 atom stereocenters. The molecule has 1 amide bonds. The Morgan fingerprint density at radius 3 is 2.20 bits per heavy atom. The number of carbonyl (C=O) groups is 1. The summed E-state index contributed by atoms with van der Waals surface area (Å²) in [5.74, 6) is -0.594. The van der Waals surface area contributed by atoms with Gasteiger partial charge in [-0.2, -0.15) is 5.10 Å². The van der Waals surface area contributed by atoms with Crippen LogP contribution in [0, 0.1) is 0 Å². The van der Waals surface area contributed by atoms with Gasteiger partial charge >= 0.3 is 0 Å². The Labute approximate surface area is 145 Å². The van der Waals surface area contributed by atoms with Gasteiger partial charge in [-0.1, -0.05) is 60.7 Å². The topological polar surface area (TPSA) is 74.6 Å². The molecule has 1 unspecified atom stereocenters. The summed E-state index contributed by atoms with van der Waals surface area (Å²) in [7, 11) is 0. The van der Waals surface area contributed by atoms with Crippen LogP contribution >= 0.6 is 0 Å². The third-order valence-electron chi connectivity index (χ3n) is 3.62. The van der Waals surface area contributed by atoms with Crippen LogP contribution in [0.25, 0.3) is 0 Å². The summed E-state index contributed by atoms with van der Waals surface area (Å²) in [5.41, 5.74) is 5.14. The first kappa shape index (κ1) is 16.5. The molecule has 25 heavy (non-hydrogen) atoms. The average molecular weight is 331 g/mol. The average Bonchev–Trinajstić information content (AvgIpc) is 2.70. The molecule has 5 nitrogen and oxygen atoms in total. The van der Waals surface area contributed by atoms with Crippen molar-refractivity contribution in [2.45, 2.75) is 6.10 Å². The number of aromatic nitrogens is 1.